The molecular formula is C10H11N3O. The second kappa shape index (κ2) is 4.87. The zero-order chi connectivity index (χ0) is 10.4. The van der Waals surface area contributed by atoms with Crippen LogP contribution in [0, 0.1) is 11.3 Å². The number of hydrogen-bond donors (Lipinski definition) is 2. The van der Waals surface area contributed by atoms with Gasteiger partial charge in [-0.25, -0.2) is 0 Å². The number of aromatic hydroxyl groups is 1. The highest BCUT2D eigenvalue weighted by atomic mass is 16.3. The van der Waals surface area contributed by atoms with Gasteiger partial charge in [-0.05, 0) is 0 Å². The largest absolute Gasteiger partial charge is 0.504 e. The molecule has 0 aromatic carbocycles. The van der Waals surface area contributed by atoms with Gasteiger partial charge in [0.2, 0.25) is 0 Å². The third-order valence-electron chi connectivity index (χ3n) is 1.71. The van der Waals surface area contributed by atoms with E-state index in [1.165, 1.54) is 6.20 Å². The minimum Gasteiger partial charge on any atom is -0.504 e. The zero-order valence-corrected chi connectivity index (χ0v) is 7.86. The Kier molecular flexibility index (Phi) is 3.50. The van der Waals surface area contributed by atoms with Gasteiger partial charge in [-0.3, -0.25) is 4.98 Å². The second-order valence-corrected chi connectivity index (χ2v) is 2.64. The van der Waals surface area contributed by atoms with Gasteiger partial charge in [-0.15, -0.1) is 0 Å². The molecule has 0 fully saturated rings. The summed E-state index contributed by atoms with van der Waals surface area (Å²) in [6.07, 6.45) is 6.81. The van der Waals surface area contributed by atoms with Gasteiger partial charge in [-0.1, -0.05) is 12.2 Å². The van der Waals surface area contributed by atoms with Crippen molar-refractivity contribution in [2.75, 3.05) is 12.4 Å². The van der Waals surface area contributed by atoms with Crippen molar-refractivity contribution >= 4 is 11.8 Å². The normalized spacial score (nSPS) is 10.0. The molecule has 0 radical (unpaired) electrons. The lowest BCUT2D eigenvalue weighted by Gasteiger charge is -2.05. The molecule has 1 heterocycles. The summed E-state index contributed by atoms with van der Waals surface area (Å²) in [5.74, 6) is 0.103. The fraction of sp³-hybridized carbons (Fsp3) is 0.200. The van der Waals surface area contributed by atoms with E-state index in [4.69, 9.17) is 5.26 Å². The van der Waals surface area contributed by atoms with Crippen LogP contribution in [0.15, 0.2) is 18.5 Å². The highest BCUT2D eigenvalue weighted by Crippen LogP contribution is 2.26. The van der Waals surface area contributed by atoms with Gasteiger partial charge < -0.3 is 10.4 Å². The van der Waals surface area contributed by atoms with Gasteiger partial charge in [0.1, 0.15) is 0 Å². The fourth-order valence-corrected chi connectivity index (χ4v) is 1.10. The molecule has 0 saturated carbocycles. The molecule has 0 aliphatic rings. The molecule has 0 amide bonds. The molecule has 0 bridgehead atoms. The topological polar surface area (TPSA) is 68.9 Å². The Labute approximate surface area is 82.5 Å². The first-order valence-corrected chi connectivity index (χ1v) is 4.17. The smallest absolute Gasteiger partial charge is 0.157 e. The predicted molar refractivity (Wildman–Crippen MR) is 54.7 cm³/mol. The number of pyridine rings is 1. The van der Waals surface area contributed by atoms with E-state index in [2.05, 4.69) is 10.3 Å². The van der Waals surface area contributed by atoms with Crippen molar-refractivity contribution in [2.45, 2.75) is 6.42 Å². The van der Waals surface area contributed by atoms with Gasteiger partial charge in [0.05, 0.1) is 24.4 Å². The van der Waals surface area contributed by atoms with Gasteiger partial charge >= 0.3 is 0 Å². The lowest BCUT2D eigenvalue weighted by atomic mass is 10.2. The standard InChI is InChI=1S/C10H11N3O/c1-12-10-8(4-2-3-5-11)6-13-7-9(10)14/h2,4,6-7,14H,3H2,1H3,(H,12,13)/b4-2-. The maximum absolute atomic E-state index is 9.42. The Morgan fingerprint density at radius 2 is 2.43 bits per heavy atom. The van der Waals surface area contributed by atoms with E-state index in [-0.39, 0.29) is 5.75 Å². The van der Waals surface area contributed by atoms with Crippen LogP contribution < -0.4 is 5.32 Å². The third-order valence-corrected chi connectivity index (χ3v) is 1.71. The van der Waals surface area contributed by atoms with E-state index in [0.717, 1.165) is 5.56 Å². The number of anilines is 1. The molecule has 14 heavy (non-hydrogen) atoms. The Bertz CT molecular complexity index is 379. The lowest BCUT2D eigenvalue weighted by molar-refractivity contribution is 0.475. The van der Waals surface area contributed by atoms with E-state index in [1.807, 2.05) is 6.07 Å². The van der Waals surface area contributed by atoms with Gasteiger partial charge in [0, 0.05) is 18.8 Å². The average Bonchev–Trinajstić information content (AvgIpc) is 2.18. The Morgan fingerprint density at radius 3 is 3.07 bits per heavy atom. The summed E-state index contributed by atoms with van der Waals surface area (Å²) < 4.78 is 0. The van der Waals surface area contributed by atoms with Crippen LogP contribution in [0.5, 0.6) is 5.75 Å². The van der Waals surface area contributed by atoms with Crippen LogP contribution >= 0.6 is 0 Å². The molecule has 1 rings (SSSR count). The lowest BCUT2D eigenvalue weighted by Crippen LogP contribution is -1.92. The summed E-state index contributed by atoms with van der Waals surface area (Å²) in [5.41, 5.74) is 1.39. The van der Waals surface area contributed by atoms with Crippen LogP contribution in [-0.4, -0.2) is 17.1 Å². The van der Waals surface area contributed by atoms with E-state index in [9.17, 15) is 5.11 Å². The quantitative estimate of drug-likeness (QED) is 0.760. The summed E-state index contributed by atoms with van der Waals surface area (Å²) in [5, 5.41) is 20.6. The van der Waals surface area contributed by atoms with Crippen molar-refractivity contribution in [1.82, 2.24) is 4.98 Å². The van der Waals surface area contributed by atoms with Gasteiger partial charge in [0.15, 0.2) is 5.75 Å². The molecular weight excluding hydrogens is 178 g/mol. The monoisotopic (exact) mass is 189 g/mol. The van der Waals surface area contributed by atoms with Gasteiger partial charge in [-0.2, -0.15) is 5.26 Å². The van der Waals surface area contributed by atoms with Crippen LogP contribution in [0.3, 0.4) is 0 Å². The summed E-state index contributed by atoms with van der Waals surface area (Å²) in [4.78, 5) is 3.85. The summed E-state index contributed by atoms with van der Waals surface area (Å²) >= 11 is 0. The van der Waals surface area contributed by atoms with Crippen molar-refractivity contribution in [1.29, 1.82) is 5.26 Å². The summed E-state index contributed by atoms with van der Waals surface area (Å²) in [7, 11) is 1.72. The minimum absolute atomic E-state index is 0.103. The minimum atomic E-state index is 0.103. The number of rotatable bonds is 3. The summed E-state index contributed by atoms with van der Waals surface area (Å²) in [6.45, 7) is 0. The van der Waals surface area contributed by atoms with Gasteiger partial charge in [0.25, 0.3) is 0 Å². The Hall–Kier alpha value is -2.02. The number of nitriles is 1. The van der Waals surface area contributed by atoms with Crippen molar-refractivity contribution < 1.29 is 5.11 Å². The highest BCUT2D eigenvalue weighted by Gasteiger charge is 2.02. The highest BCUT2D eigenvalue weighted by molar-refractivity contribution is 5.70. The molecule has 0 saturated heterocycles. The molecule has 4 nitrogen and oxygen atoms in total. The zero-order valence-electron chi connectivity index (χ0n) is 7.86. The predicted octanol–water partition coefficient (Wildman–Crippen LogP) is 1.76. The van der Waals surface area contributed by atoms with E-state index >= 15 is 0 Å². The number of nitrogens with one attached hydrogen (secondary N) is 1. The second-order valence-electron chi connectivity index (χ2n) is 2.64. The average molecular weight is 189 g/mol. The van der Waals surface area contributed by atoms with Crippen LogP contribution in [0.4, 0.5) is 5.69 Å². The van der Waals surface area contributed by atoms with E-state index in [0.29, 0.717) is 12.1 Å². The Morgan fingerprint density at radius 1 is 1.64 bits per heavy atom. The molecule has 1 aromatic rings. The maximum Gasteiger partial charge on any atom is 0.157 e. The molecule has 1 aromatic heterocycles. The van der Waals surface area contributed by atoms with E-state index in [1.54, 1.807) is 25.4 Å². The molecule has 0 unspecified atom stereocenters. The number of allylic oxidation sites excluding steroid dienone is 1. The van der Waals surface area contributed by atoms with Crippen LogP contribution in [0.25, 0.3) is 6.08 Å². The molecule has 0 aliphatic heterocycles. The molecule has 72 valence electrons. The van der Waals surface area contributed by atoms with Crippen molar-refractivity contribution in [3.8, 4) is 11.8 Å². The number of nitrogens with zero attached hydrogens (tertiary/aromatic N) is 2. The van der Waals surface area contributed by atoms with Crippen LogP contribution in [0.1, 0.15) is 12.0 Å². The summed E-state index contributed by atoms with van der Waals surface area (Å²) in [6, 6.07) is 2.00. The molecule has 0 atom stereocenters. The maximum atomic E-state index is 9.42. The molecule has 0 aliphatic carbocycles. The van der Waals surface area contributed by atoms with E-state index < -0.39 is 0 Å². The Balaban J connectivity index is 2.97. The van der Waals surface area contributed by atoms with Crippen molar-refractivity contribution in [3.63, 3.8) is 0 Å². The first kappa shape index (κ1) is 10.1. The van der Waals surface area contributed by atoms with Crippen LogP contribution in [0.2, 0.25) is 0 Å². The number of hydrogen-bond acceptors (Lipinski definition) is 4. The van der Waals surface area contributed by atoms with Crippen molar-refractivity contribution in [3.05, 3.63) is 24.0 Å². The molecule has 4 heteroatoms. The third kappa shape index (κ3) is 2.23. The first-order valence-electron chi connectivity index (χ1n) is 4.17. The van der Waals surface area contributed by atoms with Crippen LogP contribution in [-0.2, 0) is 0 Å². The fourth-order valence-electron chi connectivity index (χ4n) is 1.10. The van der Waals surface area contributed by atoms with Crippen molar-refractivity contribution in [2.24, 2.45) is 0 Å². The SMILES string of the molecule is CNc1c(O)cncc1/C=C\CC#N. The first-order chi connectivity index (χ1) is 6.79. The molecule has 2 N–H and O–H groups in total. The molecule has 0 spiro atoms. The number of aromatic nitrogens is 1.